The summed E-state index contributed by atoms with van der Waals surface area (Å²) >= 11 is 0. The first-order valence-corrected chi connectivity index (χ1v) is 6.10. The minimum absolute atomic E-state index is 0.191. The summed E-state index contributed by atoms with van der Waals surface area (Å²) in [6.07, 6.45) is 1.60. The Morgan fingerprint density at radius 1 is 1.39 bits per heavy atom. The SMILES string of the molecule is COC(=O)C1(Nc2cccc(OC)c2)CC(C)C1. The quantitative estimate of drug-likeness (QED) is 0.833. The fourth-order valence-corrected chi connectivity index (χ4v) is 2.62. The van der Waals surface area contributed by atoms with Crippen molar-refractivity contribution in [2.75, 3.05) is 19.5 Å². The van der Waals surface area contributed by atoms with E-state index < -0.39 is 5.54 Å². The largest absolute Gasteiger partial charge is 0.497 e. The van der Waals surface area contributed by atoms with Gasteiger partial charge >= 0.3 is 5.97 Å². The molecule has 4 heteroatoms. The molecule has 2 rings (SSSR count). The minimum Gasteiger partial charge on any atom is -0.497 e. The number of hydrogen-bond donors (Lipinski definition) is 1. The summed E-state index contributed by atoms with van der Waals surface area (Å²) in [7, 11) is 3.06. The molecule has 1 aliphatic carbocycles. The van der Waals surface area contributed by atoms with Crippen LogP contribution in [0.25, 0.3) is 0 Å². The monoisotopic (exact) mass is 249 g/mol. The Balaban J connectivity index is 2.16. The first kappa shape index (κ1) is 12.7. The summed E-state index contributed by atoms with van der Waals surface area (Å²) < 4.78 is 10.1. The molecule has 0 aliphatic heterocycles. The predicted octanol–water partition coefficient (Wildman–Crippen LogP) is 2.45. The van der Waals surface area contributed by atoms with E-state index >= 15 is 0 Å². The molecule has 0 atom stereocenters. The van der Waals surface area contributed by atoms with E-state index in [1.54, 1.807) is 7.11 Å². The van der Waals surface area contributed by atoms with Gasteiger partial charge < -0.3 is 14.8 Å². The Bertz CT molecular complexity index is 438. The molecule has 1 saturated carbocycles. The number of nitrogens with one attached hydrogen (secondary N) is 1. The van der Waals surface area contributed by atoms with Crippen molar-refractivity contribution in [3.05, 3.63) is 24.3 Å². The van der Waals surface area contributed by atoms with E-state index in [0.717, 1.165) is 24.3 Å². The lowest BCUT2D eigenvalue weighted by molar-refractivity contribution is -0.150. The van der Waals surface area contributed by atoms with E-state index in [1.807, 2.05) is 24.3 Å². The van der Waals surface area contributed by atoms with Gasteiger partial charge in [-0.15, -0.1) is 0 Å². The number of carbonyl (C=O) groups excluding carboxylic acids is 1. The maximum absolute atomic E-state index is 11.9. The lowest BCUT2D eigenvalue weighted by Gasteiger charge is -2.44. The van der Waals surface area contributed by atoms with Gasteiger partial charge in [0.15, 0.2) is 0 Å². The molecule has 1 N–H and O–H groups in total. The van der Waals surface area contributed by atoms with Crippen LogP contribution in [0.3, 0.4) is 0 Å². The number of methoxy groups -OCH3 is 2. The third-order valence-electron chi connectivity index (χ3n) is 3.42. The highest BCUT2D eigenvalue weighted by Crippen LogP contribution is 2.41. The molecule has 0 saturated heterocycles. The lowest BCUT2D eigenvalue weighted by atomic mass is 9.69. The van der Waals surface area contributed by atoms with Gasteiger partial charge in [0.05, 0.1) is 14.2 Å². The topological polar surface area (TPSA) is 47.6 Å². The first-order valence-electron chi connectivity index (χ1n) is 6.10. The molecule has 0 radical (unpaired) electrons. The molecule has 0 amide bonds. The van der Waals surface area contributed by atoms with Crippen LogP contribution in [0.15, 0.2) is 24.3 Å². The molecule has 1 aromatic rings. The van der Waals surface area contributed by atoms with Gasteiger partial charge in [0.1, 0.15) is 11.3 Å². The van der Waals surface area contributed by atoms with Crippen LogP contribution in [0.1, 0.15) is 19.8 Å². The summed E-state index contributed by atoms with van der Waals surface area (Å²) in [6.45, 7) is 2.13. The van der Waals surface area contributed by atoms with Gasteiger partial charge in [-0.3, -0.25) is 0 Å². The maximum atomic E-state index is 11.9. The van der Waals surface area contributed by atoms with Gasteiger partial charge in [0, 0.05) is 11.8 Å². The highest BCUT2D eigenvalue weighted by atomic mass is 16.5. The Hall–Kier alpha value is -1.71. The van der Waals surface area contributed by atoms with E-state index in [2.05, 4.69) is 12.2 Å². The molecule has 4 nitrogen and oxygen atoms in total. The Labute approximate surface area is 107 Å². The predicted molar refractivity (Wildman–Crippen MR) is 69.8 cm³/mol. The molecule has 18 heavy (non-hydrogen) atoms. The molecule has 0 heterocycles. The van der Waals surface area contributed by atoms with Crippen LogP contribution in [0.2, 0.25) is 0 Å². The fourth-order valence-electron chi connectivity index (χ4n) is 2.62. The van der Waals surface area contributed by atoms with Gasteiger partial charge in [-0.25, -0.2) is 4.79 Å². The molecule has 1 aliphatic rings. The molecular formula is C14H19NO3. The second-order valence-corrected chi connectivity index (χ2v) is 4.94. The normalized spacial score (nSPS) is 26.1. The van der Waals surface area contributed by atoms with Crippen molar-refractivity contribution in [2.24, 2.45) is 5.92 Å². The smallest absolute Gasteiger partial charge is 0.331 e. The first-order chi connectivity index (χ1) is 8.59. The van der Waals surface area contributed by atoms with Gasteiger partial charge in [-0.05, 0) is 30.9 Å². The number of hydrogen-bond acceptors (Lipinski definition) is 4. The zero-order valence-corrected chi connectivity index (χ0v) is 11.0. The Kier molecular flexibility index (Phi) is 3.45. The van der Waals surface area contributed by atoms with Crippen LogP contribution in [0.4, 0.5) is 5.69 Å². The molecule has 0 aromatic heterocycles. The highest BCUT2D eigenvalue weighted by Gasteiger charge is 2.49. The average Bonchev–Trinajstić information content (AvgIpc) is 2.35. The summed E-state index contributed by atoms with van der Waals surface area (Å²) in [5.41, 5.74) is 0.312. The van der Waals surface area contributed by atoms with E-state index in [9.17, 15) is 4.79 Å². The minimum atomic E-state index is -0.569. The van der Waals surface area contributed by atoms with E-state index in [4.69, 9.17) is 9.47 Å². The average molecular weight is 249 g/mol. The van der Waals surface area contributed by atoms with Crippen molar-refractivity contribution in [1.82, 2.24) is 0 Å². The Morgan fingerprint density at radius 2 is 2.11 bits per heavy atom. The van der Waals surface area contributed by atoms with Gasteiger partial charge in [0.2, 0.25) is 0 Å². The van der Waals surface area contributed by atoms with Crippen molar-refractivity contribution in [3.63, 3.8) is 0 Å². The standard InChI is InChI=1S/C14H19NO3/c1-10-8-14(9-10,13(16)18-3)15-11-5-4-6-12(7-11)17-2/h4-7,10,15H,8-9H2,1-3H3. The zero-order valence-electron chi connectivity index (χ0n) is 11.0. The van der Waals surface area contributed by atoms with Crippen LogP contribution >= 0.6 is 0 Å². The van der Waals surface area contributed by atoms with Crippen molar-refractivity contribution in [3.8, 4) is 5.75 Å². The summed E-state index contributed by atoms with van der Waals surface area (Å²) in [4.78, 5) is 11.9. The van der Waals surface area contributed by atoms with Crippen molar-refractivity contribution < 1.29 is 14.3 Å². The van der Waals surface area contributed by atoms with Gasteiger partial charge in [-0.1, -0.05) is 13.0 Å². The summed E-state index contributed by atoms with van der Waals surface area (Å²) in [6, 6.07) is 7.58. The van der Waals surface area contributed by atoms with Crippen molar-refractivity contribution >= 4 is 11.7 Å². The molecule has 1 aromatic carbocycles. The van der Waals surface area contributed by atoms with Crippen LogP contribution in [0, 0.1) is 5.92 Å². The molecule has 98 valence electrons. The summed E-state index contributed by atoms with van der Waals surface area (Å²) in [5, 5.41) is 3.29. The number of ether oxygens (including phenoxy) is 2. The third kappa shape index (κ3) is 2.28. The van der Waals surface area contributed by atoms with Crippen LogP contribution in [0.5, 0.6) is 5.75 Å². The second-order valence-electron chi connectivity index (χ2n) is 4.94. The zero-order chi connectivity index (χ0) is 13.2. The summed E-state index contributed by atoms with van der Waals surface area (Å²) in [5.74, 6) is 1.12. The number of carbonyl (C=O) groups is 1. The molecule has 0 unspecified atom stereocenters. The van der Waals surface area contributed by atoms with E-state index in [1.165, 1.54) is 7.11 Å². The van der Waals surface area contributed by atoms with E-state index in [-0.39, 0.29) is 5.97 Å². The number of benzene rings is 1. The number of esters is 1. The fraction of sp³-hybridized carbons (Fsp3) is 0.500. The number of rotatable bonds is 4. The van der Waals surface area contributed by atoms with Crippen molar-refractivity contribution in [1.29, 1.82) is 0 Å². The lowest BCUT2D eigenvalue weighted by Crippen LogP contribution is -2.56. The van der Waals surface area contributed by atoms with Gasteiger partial charge in [-0.2, -0.15) is 0 Å². The molecule has 0 spiro atoms. The van der Waals surface area contributed by atoms with Gasteiger partial charge in [0.25, 0.3) is 0 Å². The van der Waals surface area contributed by atoms with Crippen molar-refractivity contribution in [2.45, 2.75) is 25.3 Å². The van der Waals surface area contributed by atoms with E-state index in [0.29, 0.717) is 5.92 Å². The maximum Gasteiger partial charge on any atom is 0.331 e. The number of anilines is 1. The third-order valence-corrected chi connectivity index (χ3v) is 3.42. The molecule has 1 fully saturated rings. The second kappa shape index (κ2) is 4.88. The molecular weight excluding hydrogens is 230 g/mol. The van der Waals surface area contributed by atoms with Crippen LogP contribution in [-0.4, -0.2) is 25.7 Å². The molecule has 0 bridgehead atoms. The highest BCUT2D eigenvalue weighted by molar-refractivity contribution is 5.86. The Morgan fingerprint density at radius 3 is 2.67 bits per heavy atom. The van der Waals surface area contributed by atoms with Crippen LogP contribution in [-0.2, 0) is 9.53 Å². The van der Waals surface area contributed by atoms with Crippen LogP contribution < -0.4 is 10.1 Å².